The van der Waals surface area contributed by atoms with Gasteiger partial charge in [0.05, 0.1) is 12.8 Å². The number of hydrogen-bond acceptors (Lipinski definition) is 3. The van der Waals surface area contributed by atoms with Gasteiger partial charge in [0.1, 0.15) is 5.76 Å². The Morgan fingerprint density at radius 1 is 1.17 bits per heavy atom. The van der Waals surface area contributed by atoms with Crippen LogP contribution in [0, 0.1) is 0 Å². The van der Waals surface area contributed by atoms with Crippen molar-refractivity contribution < 1.29 is 4.42 Å². The average molecular weight is 242 g/mol. The minimum Gasteiger partial charge on any atom is -0.468 e. The summed E-state index contributed by atoms with van der Waals surface area (Å²) in [7, 11) is 0. The molecule has 18 heavy (non-hydrogen) atoms. The molecule has 3 rings (SSSR count). The maximum absolute atomic E-state index is 5.70. The predicted octanol–water partition coefficient (Wildman–Crippen LogP) is 2.30. The summed E-state index contributed by atoms with van der Waals surface area (Å²) >= 11 is 0. The van der Waals surface area contributed by atoms with E-state index in [1.807, 2.05) is 6.07 Å². The number of furan rings is 1. The second-order valence-electron chi connectivity index (χ2n) is 4.80. The highest BCUT2D eigenvalue weighted by Gasteiger charge is 2.17. The number of hydrogen-bond donors (Lipinski definition) is 1. The molecule has 0 aliphatic carbocycles. The maximum Gasteiger partial charge on any atom is 0.122 e. The van der Waals surface area contributed by atoms with Crippen LogP contribution in [0.3, 0.4) is 0 Å². The summed E-state index contributed by atoms with van der Waals surface area (Å²) in [6, 6.07) is 10.6. The highest BCUT2D eigenvalue weighted by Crippen LogP contribution is 2.21. The van der Waals surface area contributed by atoms with Gasteiger partial charge in [0, 0.05) is 25.2 Å². The Labute approximate surface area is 107 Å². The molecule has 1 aromatic carbocycles. The minimum atomic E-state index is 0.552. The van der Waals surface area contributed by atoms with Crippen LogP contribution in [0.15, 0.2) is 41.0 Å². The number of rotatable bonds is 3. The van der Waals surface area contributed by atoms with Gasteiger partial charge in [0.25, 0.3) is 0 Å². The number of fused-ring (bicyclic) bond motifs is 1. The zero-order valence-electron chi connectivity index (χ0n) is 10.4. The van der Waals surface area contributed by atoms with Crippen molar-refractivity contribution in [1.82, 2.24) is 4.90 Å². The molecule has 0 radical (unpaired) electrons. The summed E-state index contributed by atoms with van der Waals surface area (Å²) < 4.78 is 5.52. The van der Waals surface area contributed by atoms with Crippen LogP contribution in [0.25, 0.3) is 0 Å². The Kier molecular flexibility index (Phi) is 3.17. The fourth-order valence-corrected chi connectivity index (χ4v) is 2.58. The lowest BCUT2D eigenvalue weighted by Gasteiger charge is -2.28. The van der Waals surface area contributed by atoms with Crippen LogP contribution >= 0.6 is 0 Å². The summed E-state index contributed by atoms with van der Waals surface area (Å²) in [6.07, 6.45) is 2.85. The Balaban J connectivity index is 1.73. The van der Waals surface area contributed by atoms with Crippen LogP contribution in [-0.4, -0.2) is 11.4 Å². The molecule has 1 aliphatic heterocycles. The fraction of sp³-hybridized carbons (Fsp3) is 0.333. The lowest BCUT2D eigenvalue weighted by molar-refractivity contribution is 0.224. The molecule has 3 nitrogen and oxygen atoms in total. The van der Waals surface area contributed by atoms with Crippen molar-refractivity contribution in [1.29, 1.82) is 0 Å². The lowest BCUT2D eigenvalue weighted by atomic mass is 10.00. The Bertz CT molecular complexity index is 533. The molecule has 0 bridgehead atoms. The van der Waals surface area contributed by atoms with E-state index in [9.17, 15) is 0 Å². The largest absolute Gasteiger partial charge is 0.468 e. The van der Waals surface area contributed by atoms with Gasteiger partial charge in [-0.25, -0.2) is 0 Å². The average Bonchev–Trinajstić information content (AvgIpc) is 2.86. The highest BCUT2D eigenvalue weighted by molar-refractivity contribution is 5.29. The van der Waals surface area contributed by atoms with Crippen LogP contribution in [-0.2, 0) is 26.1 Å². The van der Waals surface area contributed by atoms with Crippen LogP contribution in [0.2, 0.25) is 0 Å². The second kappa shape index (κ2) is 4.96. The standard InChI is InChI=1S/C15H18N2O/c16-9-13-6-8-18-15(13)11-17-7-5-12-3-1-2-4-14(12)10-17/h1-4,6,8H,5,7,9-11,16H2. The topological polar surface area (TPSA) is 42.4 Å². The van der Waals surface area contributed by atoms with Crippen LogP contribution in [0.4, 0.5) is 0 Å². The van der Waals surface area contributed by atoms with Gasteiger partial charge in [-0.15, -0.1) is 0 Å². The van der Waals surface area contributed by atoms with Gasteiger partial charge in [0.2, 0.25) is 0 Å². The van der Waals surface area contributed by atoms with E-state index in [2.05, 4.69) is 29.2 Å². The van der Waals surface area contributed by atoms with Crippen molar-refractivity contribution in [2.75, 3.05) is 6.54 Å². The third-order valence-corrected chi connectivity index (χ3v) is 3.63. The molecule has 3 heteroatoms. The summed E-state index contributed by atoms with van der Waals surface area (Å²) in [6.45, 7) is 3.49. The second-order valence-corrected chi connectivity index (χ2v) is 4.80. The normalized spacial score (nSPS) is 15.6. The molecule has 94 valence electrons. The highest BCUT2D eigenvalue weighted by atomic mass is 16.3. The molecular weight excluding hydrogens is 224 g/mol. The van der Waals surface area contributed by atoms with Crippen molar-refractivity contribution in [3.63, 3.8) is 0 Å². The first-order valence-electron chi connectivity index (χ1n) is 6.41. The van der Waals surface area contributed by atoms with E-state index in [1.165, 1.54) is 11.1 Å². The van der Waals surface area contributed by atoms with Gasteiger partial charge in [-0.1, -0.05) is 24.3 Å². The Hall–Kier alpha value is -1.58. The van der Waals surface area contributed by atoms with Crippen molar-refractivity contribution in [2.24, 2.45) is 5.73 Å². The van der Waals surface area contributed by atoms with E-state index >= 15 is 0 Å². The molecule has 0 fully saturated rings. The Morgan fingerprint density at radius 2 is 2.00 bits per heavy atom. The zero-order chi connectivity index (χ0) is 12.4. The third-order valence-electron chi connectivity index (χ3n) is 3.63. The number of nitrogens with zero attached hydrogens (tertiary/aromatic N) is 1. The lowest BCUT2D eigenvalue weighted by Crippen LogP contribution is -2.30. The van der Waals surface area contributed by atoms with Gasteiger partial charge < -0.3 is 10.2 Å². The minimum absolute atomic E-state index is 0.552. The predicted molar refractivity (Wildman–Crippen MR) is 70.9 cm³/mol. The van der Waals surface area contributed by atoms with E-state index in [-0.39, 0.29) is 0 Å². The van der Waals surface area contributed by atoms with Crippen molar-refractivity contribution in [3.8, 4) is 0 Å². The van der Waals surface area contributed by atoms with Gasteiger partial charge in [0.15, 0.2) is 0 Å². The van der Waals surface area contributed by atoms with E-state index in [0.29, 0.717) is 6.54 Å². The third kappa shape index (κ3) is 2.19. The number of benzene rings is 1. The Morgan fingerprint density at radius 3 is 2.83 bits per heavy atom. The van der Waals surface area contributed by atoms with E-state index in [0.717, 1.165) is 37.4 Å². The van der Waals surface area contributed by atoms with E-state index in [1.54, 1.807) is 6.26 Å². The molecule has 0 saturated heterocycles. The van der Waals surface area contributed by atoms with Gasteiger partial charge in [-0.3, -0.25) is 4.90 Å². The fourth-order valence-electron chi connectivity index (χ4n) is 2.58. The first kappa shape index (κ1) is 11.5. The molecule has 2 heterocycles. The molecular formula is C15H18N2O. The maximum atomic E-state index is 5.70. The van der Waals surface area contributed by atoms with Crippen molar-refractivity contribution >= 4 is 0 Å². The summed E-state index contributed by atoms with van der Waals surface area (Å²) in [5.74, 6) is 1.01. The van der Waals surface area contributed by atoms with Crippen LogP contribution in [0.5, 0.6) is 0 Å². The van der Waals surface area contributed by atoms with Crippen LogP contribution < -0.4 is 5.73 Å². The molecule has 2 N–H and O–H groups in total. The summed E-state index contributed by atoms with van der Waals surface area (Å²) in [4.78, 5) is 2.42. The molecule has 0 unspecified atom stereocenters. The first-order chi connectivity index (χ1) is 8.86. The summed E-state index contributed by atoms with van der Waals surface area (Å²) in [5.41, 5.74) is 9.73. The molecule has 2 aromatic rings. The van der Waals surface area contributed by atoms with Crippen molar-refractivity contribution in [3.05, 3.63) is 59.0 Å². The zero-order valence-corrected chi connectivity index (χ0v) is 10.4. The molecule has 1 aliphatic rings. The SMILES string of the molecule is NCc1ccoc1CN1CCc2ccccc2C1. The molecule has 0 saturated carbocycles. The molecule has 0 spiro atoms. The molecule has 0 amide bonds. The monoisotopic (exact) mass is 242 g/mol. The van der Waals surface area contributed by atoms with E-state index in [4.69, 9.17) is 10.2 Å². The van der Waals surface area contributed by atoms with Crippen LogP contribution in [0.1, 0.15) is 22.5 Å². The van der Waals surface area contributed by atoms with Gasteiger partial charge in [-0.05, 0) is 23.6 Å². The summed E-state index contributed by atoms with van der Waals surface area (Å²) in [5, 5.41) is 0. The smallest absolute Gasteiger partial charge is 0.122 e. The van der Waals surface area contributed by atoms with Gasteiger partial charge >= 0.3 is 0 Å². The molecule has 0 atom stereocenters. The van der Waals surface area contributed by atoms with E-state index < -0.39 is 0 Å². The quantitative estimate of drug-likeness (QED) is 0.898. The molecule has 1 aromatic heterocycles. The van der Waals surface area contributed by atoms with Crippen molar-refractivity contribution in [2.45, 2.75) is 26.1 Å². The first-order valence-corrected chi connectivity index (χ1v) is 6.41. The number of nitrogens with two attached hydrogens (primary N) is 1. The van der Waals surface area contributed by atoms with Gasteiger partial charge in [-0.2, -0.15) is 0 Å².